The monoisotopic (exact) mass is 273 g/mol. The minimum atomic E-state index is 0.682. The third-order valence-electron chi connectivity index (χ3n) is 1.34. The van der Waals surface area contributed by atoms with E-state index in [0.717, 1.165) is 15.4 Å². The van der Waals surface area contributed by atoms with Crippen LogP contribution in [0.5, 0.6) is 0 Å². The fraction of sp³-hybridized carbons (Fsp3) is 0.125. The summed E-state index contributed by atoms with van der Waals surface area (Å²) in [5, 5.41) is 9.41. The van der Waals surface area contributed by atoms with Crippen molar-refractivity contribution in [3.8, 4) is 6.07 Å². The number of halogens is 2. The lowest BCUT2D eigenvalue weighted by atomic mass is 10.2. The molecule has 0 aliphatic rings. The zero-order valence-electron chi connectivity index (χ0n) is 5.64. The minimum absolute atomic E-state index is 0.682. The number of alkyl halides is 1. The average Bonchev–Trinajstić information content (AvgIpc) is 2.05. The van der Waals surface area contributed by atoms with Crippen molar-refractivity contribution in [2.75, 3.05) is 0 Å². The highest BCUT2D eigenvalue weighted by atomic mass is 79.9. The van der Waals surface area contributed by atoms with Gasteiger partial charge in [-0.2, -0.15) is 5.26 Å². The number of rotatable bonds is 1. The summed E-state index contributed by atoms with van der Waals surface area (Å²) >= 11 is 6.68. The van der Waals surface area contributed by atoms with Crippen molar-refractivity contribution in [2.45, 2.75) is 5.33 Å². The van der Waals surface area contributed by atoms with Crippen LogP contribution in [0.15, 0.2) is 22.7 Å². The van der Waals surface area contributed by atoms with Gasteiger partial charge in [-0.15, -0.1) is 0 Å². The van der Waals surface area contributed by atoms with E-state index >= 15 is 0 Å². The van der Waals surface area contributed by atoms with Gasteiger partial charge in [-0.1, -0.05) is 28.1 Å². The maximum atomic E-state index is 8.64. The van der Waals surface area contributed by atoms with Gasteiger partial charge in [0.2, 0.25) is 0 Å². The van der Waals surface area contributed by atoms with E-state index in [2.05, 4.69) is 37.9 Å². The lowest BCUT2D eigenvalue weighted by Crippen LogP contribution is -1.83. The standard InChI is InChI=1S/C8H5Br2N/c9-4-6-2-1-3-7(5-11)8(6)10/h1-3H,4H2. The SMILES string of the molecule is N#Cc1cccc(CBr)c1Br. The van der Waals surface area contributed by atoms with Crippen LogP contribution >= 0.6 is 31.9 Å². The van der Waals surface area contributed by atoms with E-state index in [9.17, 15) is 0 Å². The van der Waals surface area contributed by atoms with Crippen LogP contribution in [0, 0.1) is 11.3 Å². The van der Waals surface area contributed by atoms with Crippen molar-refractivity contribution in [3.63, 3.8) is 0 Å². The summed E-state index contributed by atoms with van der Waals surface area (Å²) in [5.74, 6) is 0. The molecule has 0 aliphatic heterocycles. The van der Waals surface area contributed by atoms with E-state index in [1.54, 1.807) is 6.07 Å². The van der Waals surface area contributed by atoms with Crippen molar-refractivity contribution in [1.29, 1.82) is 5.26 Å². The van der Waals surface area contributed by atoms with Gasteiger partial charge < -0.3 is 0 Å². The second kappa shape index (κ2) is 3.89. The molecule has 0 aromatic heterocycles. The molecule has 0 bridgehead atoms. The molecule has 56 valence electrons. The number of benzene rings is 1. The molecule has 0 aliphatic carbocycles. The summed E-state index contributed by atoms with van der Waals surface area (Å²) < 4.78 is 0.888. The van der Waals surface area contributed by atoms with Gasteiger partial charge in [0.25, 0.3) is 0 Å². The quantitative estimate of drug-likeness (QED) is 0.722. The van der Waals surface area contributed by atoms with Crippen LogP contribution in [0.3, 0.4) is 0 Å². The predicted molar refractivity (Wildman–Crippen MR) is 51.5 cm³/mol. The summed E-state index contributed by atoms with van der Waals surface area (Å²) in [6, 6.07) is 7.74. The van der Waals surface area contributed by atoms with Gasteiger partial charge in [-0.3, -0.25) is 0 Å². The maximum Gasteiger partial charge on any atom is 0.100 e. The third-order valence-corrected chi connectivity index (χ3v) is 2.88. The highest BCUT2D eigenvalue weighted by molar-refractivity contribution is 9.10. The molecular weight excluding hydrogens is 270 g/mol. The van der Waals surface area contributed by atoms with E-state index < -0.39 is 0 Å². The Morgan fingerprint density at radius 2 is 2.18 bits per heavy atom. The Bertz CT molecular complexity index is 301. The van der Waals surface area contributed by atoms with E-state index in [1.165, 1.54) is 0 Å². The molecule has 0 unspecified atom stereocenters. The van der Waals surface area contributed by atoms with Gasteiger partial charge in [0.1, 0.15) is 6.07 Å². The lowest BCUT2D eigenvalue weighted by Gasteiger charge is -1.99. The number of nitriles is 1. The number of hydrogen-bond donors (Lipinski definition) is 0. The summed E-state index contributed by atoms with van der Waals surface area (Å²) in [6.45, 7) is 0. The first-order valence-corrected chi connectivity index (χ1v) is 4.94. The predicted octanol–water partition coefficient (Wildman–Crippen LogP) is 3.22. The molecule has 11 heavy (non-hydrogen) atoms. The molecule has 0 amide bonds. The van der Waals surface area contributed by atoms with Crippen LogP contribution < -0.4 is 0 Å². The van der Waals surface area contributed by atoms with Gasteiger partial charge in [-0.05, 0) is 27.6 Å². The Morgan fingerprint density at radius 1 is 1.45 bits per heavy atom. The third kappa shape index (κ3) is 1.82. The van der Waals surface area contributed by atoms with Crippen LogP contribution in [0.25, 0.3) is 0 Å². The van der Waals surface area contributed by atoms with Crippen molar-refractivity contribution in [2.24, 2.45) is 0 Å². The summed E-state index contributed by atoms with van der Waals surface area (Å²) in [5.41, 5.74) is 1.78. The molecule has 0 heterocycles. The summed E-state index contributed by atoms with van der Waals surface area (Å²) in [6.07, 6.45) is 0. The molecular formula is C8H5Br2N. The topological polar surface area (TPSA) is 23.8 Å². The van der Waals surface area contributed by atoms with Crippen molar-refractivity contribution in [3.05, 3.63) is 33.8 Å². The van der Waals surface area contributed by atoms with E-state index in [1.807, 2.05) is 12.1 Å². The van der Waals surface area contributed by atoms with Gasteiger partial charge in [0, 0.05) is 9.80 Å². The first-order chi connectivity index (χ1) is 5.29. The zero-order chi connectivity index (χ0) is 8.27. The molecule has 0 radical (unpaired) electrons. The maximum absolute atomic E-state index is 8.64. The van der Waals surface area contributed by atoms with Crippen LogP contribution in [-0.2, 0) is 5.33 Å². The first kappa shape index (κ1) is 8.76. The molecule has 1 aromatic rings. The molecule has 0 N–H and O–H groups in total. The Labute approximate surface area is 82.3 Å². The van der Waals surface area contributed by atoms with Crippen LogP contribution in [0.4, 0.5) is 0 Å². The van der Waals surface area contributed by atoms with Gasteiger partial charge in [-0.25, -0.2) is 0 Å². The van der Waals surface area contributed by atoms with Crippen molar-refractivity contribution < 1.29 is 0 Å². The average molecular weight is 275 g/mol. The first-order valence-electron chi connectivity index (χ1n) is 3.03. The van der Waals surface area contributed by atoms with Crippen LogP contribution in [0.1, 0.15) is 11.1 Å². The Kier molecular flexibility index (Phi) is 3.10. The highest BCUT2D eigenvalue weighted by Gasteiger charge is 2.02. The van der Waals surface area contributed by atoms with Gasteiger partial charge >= 0.3 is 0 Å². The fourth-order valence-electron chi connectivity index (χ4n) is 0.769. The van der Waals surface area contributed by atoms with Crippen molar-refractivity contribution in [1.82, 2.24) is 0 Å². The van der Waals surface area contributed by atoms with Gasteiger partial charge in [0.05, 0.1) is 5.56 Å². The molecule has 1 rings (SSSR count). The minimum Gasteiger partial charge on any atom is -0.192 e. The molecule has 0 spiro atoms. The zero-order valence-corrected chi connectivity index (χ0v) is 8.81. The Hall–Kier alpha value is -0.330. The normalized spacial score (nSPS) is 9.18. The molecule has 0 fully saturated rings. The smallest absolute Gasteiger partial charge is 0.100 e. The Morgan fingerprint density at radius 3 is 2.73 bits per heavy atom. The van der Waals surface area contributed by atoms with Crippen LogP contribution in [0.2, 0.25) is 0 Å². The van der Waals surface area contributed by atoms with E-state index in [0.29, 0.717) is 5.56 Å². The van der Waals surface area contributed by atoms with Crippen molar-refractivity contribution >= 4 is 31.9 Å². The number of hydrogen-bond acceptors (Lipinski definition) is 1. The Balaban J connectivity index is 3.23. The molecule has 3 heteroatoms. The fourth-order valence-corrected chi connectivity index (χ4v) is 2.11. The van der Waals surface area contributed by atoms with E-state index in [4.69, 9.17) is 5.26 Å². The molecule has 0 saturated carbocycles. The second-order valence-corrected chi connectivity index (χ2v) is 3.38. The largest absolute Gasteiger partial charge is 0.192 e. The summed E-state index contributed by atoms with van der Waals surface area (Å²) in [4.78, 5) is 0. The second-order valence-electron chi connectivity index (χ2n) is 2.02. The molecule has 0 atom stereocenters. The summed E-state index contributed by atoms with van der Waals surface area (Å²) in [7, 11) is 0. The molecule has 1 nitrogen and oxygen atoms in total. The van der Waals surface area contributed by atoms with Crippen LogP contribution in [-0.4, -0.2) is 0 Å². The number of nitrogens with zero attached hydrogens (tertiary/aromatic N) is 1. The molecule has 0 saturated heterocycles. The molecule has 1 aromatic carbocycles. The van der Waals surface area contributed by atoms with Gasteiger partial charge in [0.15, 0.2) is 0 Å². The lowest BCUT2D eigenvalue weighted by molar-refractivity contribution is 1.36. The van der Waals surface area contributed by atoms with E-state index in [-0.39, 0.29) is 0 Å². The highest BCUT2D eigenvalue weighted by Crippen LogP contribution is 2.22.